The quantitative estimate of drug-likeness (QED) is 0.507. The van der Waals surface area contributed by atoms with Crippen LogP contribution in [0.2, 0.25) is 0 Å². The zero-order valence-electron chi connectivity index (χ0n) is 22.9. The van der Waals surface area contributed by atoms with Gasteiger partial charge in [-0.2, -0.15) is 10.4 Å². The topological polar surface area (TPSA) is 129 Å². The molecule has 3 amide bonds. The van der Waals surface area contributed by atoms with Gasteiger partial charge in [-0.3, -0.25) is 4.79 Å². The summed E-state index contributed by atoms with van der Waals surface area (Å²) < 4.78 is 17.0. The molecule has 1 atom stereocenters. The van der Waals surface area contributed by atoms with Crippen LogP contribution >= 0.6 is 0 Å². The molecule has 0 radical (unpaired) electrons. The molecule has 2 aromatic rings. The van der Waals surface area contributed by atoms with Gasteiger partial charge in [0.15, 0.2) is 0 Å². The van der Waals surface area contributed by atoms with Crippen LogP contribution in [0.3, 0.4) is 0 Å². The van der Waals surface area contributed by atoms with Crippen LogP contribution in [0.15, 0.2) is 71.1 Å². The first-order valence-corrected chi connectivity index (χ1v) is 13.6. The van der Waals surface area contributed by atoms with E-state index in [9.17, 15) is 14.9 Å². The summed E-state index contributed by atoms with van der Waals surface area (Å²) in [4.78, 5) is 27.5. The summed E-state index contributed by atoms with van der Waals surface area (Å²) >= 11 is 0. The minimum atomic E-state index is -0.633. The lowest BCUT2D eigenvalue weighted by Gasteiger charge is -2.34. The molecule has 0 spiro atoms. The van der Waals surface area contributed by atoms with Crippen LogP contribution in [0.5, 0.6) is 5.75 Å². The Hall–Kier alpha value is -4.69. The number of carbonyl (C=O) groups excluding carboxylic acids is 2. The van der Waals surface area contributed by atoms with E-state index in [0.29, 0.717) is 62.1 Å². The van der Waals surface area contributed by atoms with Gasteiger partial charge in [-0.1, -0.05) is 6.07 Å². The van der Waals surface area contributed by atoms with Gasteiger partial charge in [0.05, 0.1) is 30.7 Å². The standard InChI is InChI=1S/C30H32N6O5/c1-21(37)35-11-13-36(14-12-35)30(38)32-25-3-5-26(6-4-25)33-34-29-19-23(8-17-40-29)22-2-7-28(24(18-22)20-31)41-27-9-15-39-16-10-27/h2-8,17-19,27,29H,9-16H2,1H3,(H,32,38). The van der Waals surface area contributed by atoms with Gasteiger partial charge in [-0.15, -0.1) is 5.11 Å². The summed E-state index contributed by atoms with van der Waals surface area (Å²) in [5.74, 6) is 0.598. The number of ether oxygens (including phenoxy) is 3. The van der Waals surface area contributed by atoms with E-state index in [4.69, 9.17) is 14.2 Å². The molecule has 2 aromatic carbocycles. The molecule has 41 heavy (non-hydrogen) atoms. The summed E-state index contributed by atoms with van der Waals surface area (Å²) in [6.45, 7) is 4.93. The SMILES string of the molecule is CC(=O)N1CCN(C(=O)Nc2ccc(N=NC3C=C(c4ccc(OC5CCOCC5)c(C#N)c4)C=CO3)cc2)CC1. The fourth-order valence-corrected chi connectivity index (χ4v) is 4.73. The third-order valence-electron chi connectivity index (χ3n) is 7.10. The maximum absolute atomic E-state index is 12.6. The minimum Gasteiger partial charge on any atom is -0.489 e. The summed E-state index contributed by atoms with van der Waals surface area (Å²) in [7, 11) is 0. The predicted octanol–water partition coefficient (Wildman–Crippen LogP) is 4.85. The van der Waals surface area contributed by atoms with Crippen molar-refractivity contribution >= 4 is 28.9 Å². The van der Waals surface area contributed by atoms with Gasteiger partial charge in [0.25, 0.3) is 0 Å². The van der Waals surface area contributed by atoms with Crippen LogP contribution in [0.25, 0.3) is 5.57 Å². The summed E-state index contributed by atoms with van der Waals surface area (Å²) in [5.41, 5.74) is 3.42. The molecule has 3 heterocycles. The van der Waals surface area contributed by atoms with Gasteiger partial charge < -0.3 is 29.3 Å². The minimum absolute atomic E-state index is 0.0228. The van der Waals surface area contributed by atoms with Crippen LogP contribution in [0, 0.1) is 11.3 Å². The Morgan fingerprint density at radius 3 is 2.49 bits per heavy atom. The third kappa shape index (κ3) is 7.29. The monoisotopic (exact) mass is 556 g/mol. The summed E-state index contributed by atoms with van der Waals surface area (Å²) in [5, 5.41) is 21.2. The van der Waals surface area contributed by atoms with Crippen molar-refractivity contribution < 1.29 is 23.8 Å². The predicted molar refractivity (Wildman–Crippen MR) is 151 cm³/mol. The molecule has 0 aromatic heterocycles. The number of urea groups is 1. The van der Waals surface area contributed by atoms with E-state index in [-0.39, 0.29) is 18.0 Å². The van der Waals surface area contributed by atoms with Crippen molar-refractivity contribution in [2.24, 2.45) is 10.2 Å². The zero-order chi connectivity index (χ0) is 28.6. The molecule has 0 aliphatic carbocycles. The van der Waals surface area contributed by atoms with E-state index in [2.05, 4.69) is 21.6 Å². The Morgan fingerprint density at radius 2 is 1.78 bits per heavy atom. The molecule has 2 fully saturated rings. The number of piperazine rings is 1. The van der Waals surface area contributed by atoms with Crippen LogP contribution < -0.4 is 10.1 Å². The summed E-state index contributed by atoms with van der Waals surface area (Å²) in [6.07, 6.45) is 6.25. The molecular weight excluding hydrogens is 524 g/mol. The number of nitrogens with one attached hydrogen (secondary N) is 1. The van der Waals surface area contributed by atoms with E-state index < -0.39 is 6.23 Å². The van der Waals surface area contributed by atoms with Crippen LogP contribution in [-0.4, -0.2) is 73.5 Å². The molecule has 212 valence electrons. The molecule has 1 unspecified atom stereocenters. The van der Waals surface area contributed by atoms with Crippen molar-refractivity contribution in [1.29, 1.82) is 5.26 Å². The highest BCUT2D eigenvalue weighted by molar-refractivity contribution is 5.89. The van der Waals surface area contributed by atoms with Gasteiger partial charge in [0, 0.05) is 51.6 Å². The van der Waals surface area contributed by atoms with Crippen LogP contribution in [0.1, 0.15) is 30.9 Å². The number of allylic oxidation sites excluding steroid dienone is 2. The van der Waals surface area contributed by atoms with Crippen molar-refractivity contribution in [1.82, 2.24) is 9.80 Å². The average molecular weight is 557 g/mol. The third-order valence-corrected chi connectivity index (χ3v) is 7.10. The second-order valence-electron chi connectivity index (χ2n) is 9.89. The lowest BCUT2D eigenvalue weighted by Crippen LogP contribution is -2.51. The number of hydrogen-bond donors (Lipinski definition) is 1. The number of carbonyl (C=O) groups is 2. The highest BCUT2D eigenvalue weighted by Gasteiger charge is 2.22. The lowest BCUT2D eigenvalue weighted by molar-refractivity contribution is -0.130. The van der Waals surface area contributed by atoms with Gasteiger partial charge in [-0.05, 0) is 59.7 Å². The van der Waals surface area contributed by atoms with E-state index in [1.807, 2.05) is 24.3 Å². The molecule has 2 saturated heterocycles. The van der Waals surface area contributed by atoms with Gasteiger partial charge in [0.1, 0.15) is 17.9 Å². The van der Waals surface area contributed by atoms with E-state index in [1.165, 1.54) is 6.92 Å². The average Bonchev–Trinajstić information content (AvgIpc) is 3.01. The normalized spacial score (nSPS) is 19.3. The first kappa shape index (κ1) is 27.9. The second-order valence-corrected chi connectivity index (χ2v) is 9.89. The Labute approximate surface area is 238 Å². The van der Waals surface area contributed by atoms with Gasteiger partial charge in [-0.25, -0.2) is 4.79 Å². The van der Waals surface area contributed by atoms with Crippen LogP contribution in [-0.2, 0) is 14.3 Å². The van der Waals surface area contributed by atoms with E-state index in [1.54, 1.807) is 46.4 Å². The smallest absolute Gasteiger partial charge is 0.321 e. The van der Waals surface area contributed by atoms with E-state index >= 15 is 0 Å². The fraction of sp³-hybridized carbons (Fsp3) is 0.367. The lowest BCUT2D eigenvalue weighted by atomic mass is 10.0. The molecule has 3 aliphatic rings. The maximum Gasteiger partial charge on any atom is 0.321 e. The number of anilines is 1. The highest BCUT2D eigenvalue weighted by Crippen LogP contribution is 2.29. The van der Waals surface area contributed by atoms with Gasteiger partial charge in [0.2, 0.25) is 12.1 Å². The Balaban J connectivity index is 1.17. The Morgan fingerprint density at radius 1 is 1.05 bits per heavy atom. The number of hydrogen-bond acceptors (Lipinski definition) is 8. The van der Waals surface area contributed by atoms with Crippen molar-refractivity contribution in [2.75, 3.05) is 44.7 Å². The highest BCUT2D eigenvalue weighted by atomic mass is 16.5. The maximum atomic E-state index is 12.6. The molecule has 1 N–H and O–H groups in total. The Bertz CT molecular complexity index is 1380. The second kappa shape index (κ2) is 13.1. The molecule has 11 heteroatoms. The zero-order valence-corrected chi connectivity index (χ0v) is 22.9. The van der Waals surface area contributed by atoms with Crippen LogP contribution in [0.4, 0.5) is 16.2 Å². The largest absolute Gasteiger partial charge is 0.489 e. The Kier molecular flexibility index (Phi) is 8.91. The van der Waals surface area contributed by atoms with Crippen molar-refractivity contribution in [3.05, 3.63) is 72.0 Å². The van der Waals surface area contributed by atoms with Gasteiger partial charge >= 0.3 is 6.03 Å². The fourth-order valence-electron chi connectivity index (χ4n) is 4.73. The van der Waals surface area contributed by atoms with E-state index in [0.717, 1.165) is 24.0 Å². The van der Waals surface area contributed by atoms with Crippen molar-refractivity contribution in [2.45, 2.75) is 32.1 Å². The summed E-state index contributed by atoms with van der Waals surface area (Å²) in [6, 6.07) is 14.6. The molecule has 3 aliphatic heterocycles. The van der Waals surface area contributed by atoms with Crippen molar-refractivity contribution in [3.8, 4) is 11.8 Å². The molecular formula is C30H32N6O5. The number of amides is 3. The first-order chi connectivity index (χ1) is 20.0. The number of rotatable bonds is 6. The molecule has 11 nitrogen and oxygen atoms in total. The molecule has 0 saturated carbocycles. The molecule has 0 bridgehead atoms. The first-order valence-electron chi connectivity index (χ1n) is 13.6. The number of nitrogens with zero attached hydrogens (tertiary/aromatic N) is 5. The van der Waals surface area contributed by atoms with Crippen molar-refractivity contribution in [3.63, 3.8) is 0 Å². The number of azo groups is 1. The molecule has 5 rings (SSSR count). The number of benzene rings is 2. The number of nitriles is 1.